The van der Waals surface area contributed by atoms with E-state index in [4.69, 9.17) is 9.47 Å². The van der Waals surface area contributed by atoms with Crippen molar-refractivity contribution in [2.24, 2.45) is 0 Å². The smallest absolute Gasteiger partial charge is 0.269 e. The standard InChI is InChI=1S/C22H23N5O4S/c1-3-27-20(16-7-5-4-6-14(16)2)24-26-22(27)32-13-19(28)23-25-21(29)15-8-9-17-18(12-15)31-11-10-30-17/h4-9,12H,3,10-11,13H2,1-2H3,(H,23,28)(H,25,29). The average molecular weight is 454 g/mol. The molecule has 1 aliphatic heterocycles. The lowest BCUT2D eigenvalue weighted by Crippen LogP contribution is -2.42. The first-order chi connectivity index (χ1) is 15.6. The van der Waals surface area contributed by atoms with Crippen LogP contribution in [0.1, 0.15) is 22.8 Å². The number of carbonyl (C=O) groups excluding carboxylic acids is 2. The van der Waals surface area contributed by atoms with Crippen LogP contribution in [0.25, 0.3) is 11.4 Å². The monoisotopic (exact) mass is 453 g/mol. The van der Waals surface area contributed by atoms with E-state index in [1.54, 1.807) is 18.2 Å². The molecule has 32 heavy (non-hydrogen) atoms. The van der Waals surface area contributed by atoms with Gasteiger partial charge in [0.25, 0.3) is 5.91 Å². The summed E-state index contributed by atoms with van der Waals surface area (Å²) in [5.41, 5.74) is 7.31. The van der Waals surface area contributed by atoms with E-state index in [1.807, 2.05) is 42.7 Å². The number of benzene rings is 2. The van der Waals surface area contributed by atoms with Crippen LogP contribution in [0.2, 0.25) is 0 Å². The summed E-state index contributed by atoms with van der Waals surface area (Å²) in [5.74, 6) is 1.14. The minimum absolute atomic E-state index is 0.0767. The highest BCUT2D eigenvalue weighted by molar-refractivity contribution is 7.99. The molecular weight excluding hydrogens is 430 g/mol. The number of amides is 2. The van der Waals surface area contributed by atoms with Crippen LogP contribution < -0.4 is 20.3 Å². The van der Waals surface area contributed by atoms with Crippen molar-refractivity contribution in [3.05, 3.63) is 53.6 Å². The van der Waals surface area contributed by atoms with E-state index < -0.39 is 5.91 Å². The second-order valence-corrected chi connectivity index (χ2v) is 7.96. The van der Waals surface area contributed by atoms with Crippen molar-refractivity contribution in [2.75, 3.05) is 19.0 Å². The van der Waals surface area contributed by atoms with Gasteiger partial charge in [0.2, 0.25) is 5.91 Å². The van der Waals surface area contributed by atoms with Crippen molar-refractivity contribution in [3.8, 4) is 22.9 Å². The van der Waals surface area contributed by atoms with Gasteiger partial charge in [-0.2, -0.15) is 0 Å². The Bertz CT molecular complexity index is 1150. The van der Waals surface area contributed by atoms with Crippen LogP contribution in [0.15, 0.2) is 47.6 Å². The highest BCUT2D eigenvalue weighted by Gasteiger charge is 2.17. The van der Waals surface area contributed by atoms with Crippen LogP contribution in [0.3, 0.4) is 0 Å². The van der Waals surface area contributed by atoms with Gasteiger partial charge in [0.15, 0.2) is 22.5 Å². The Kier molecular flexibility index (Phi) is 6.60. The van der Waals surface area contributed by atoms with Crippen molar-refractivity contribution in [1.82, 2.24) is 25.6 Å². The van der Waals surface area contributed by atoms with Crippen molar-refractivity contribution in [1.29, 1.82) is 0 Å². The van der Waals surface area contributed by atoms with Crippen LogP contribution in [-0.2, 0) is 11.3 Å². The minimum atomic E-state index is -0.445. The maximum Gasteiger partial charge on any atom is 0.269 e. The van der Waals surface area contributed by atoms with Gasteiger partial charge in [-0.15, -0.1) is 10.2 Å². The summed E-state index contributed by atoms with van der Waals surface area (Å²) in [6.07, 6.45) is 0. The molecule has 3 aromatic rings. The predicted octanol–water partition coefficient (Wildman–Crippen LogP) is 2.60. The lowest BCUT2D eigenvalue weighted by atomic mass is 10.1. The predicted molar refractivity (Wildman–Crippen MR) is 120 cm³/mol. The first-order valence-electron chi connectivity index (χ1n) is 10.2. The summed E-state index contributed by atoms with van der Waals surface area (Å²) in [4.78, 5) is 24.6. The molecule has 0 atom stereocenters. The lowest BCUT2D eigenvalue weighted by molar-refractivity contribution is -0.119. The number of aryl methyl sites for hydroxylation is 1. The molecular formula is C22H23N5O4S. The fraction of sp³-hybridized carbons (Fsp3) is 0.273. The highest BCUT2D eigenvalue weighted by atomic mass is 32.2. The van der Waals surface area contributed by atoms with E-state index in [2.05, 4.69) is 21.0 Å². The molecule has 0 saturated carbocycles. The van der Waals surface area contributed by atoms with Gasteiger partial charge >= 0.3 is 0 Å². The van der Waals surface area contributed by atoms with Gasteiger partial charge in [-0.3, -0.25) is 20.4 Å². The van der Waals surface area contributed by atoms with Crippen molar-refractivity contribution in [3.63, 3.8) is 0 Å². The number of rotatable bonds is 6. The van der Waals surface area contributed by atoms with Crippen LogP contribution >= 0.6 is 11.8 Å². The zero-order valence-electron chi connectivity index (χ0n) is 17.8. The maximum absolute atomic E-state index is 12.3. The molecule has 166 valence electrons. The number of ether oxygens (including phenoxy) is 2. The Morgan fingerprint density at radius 3 is 2.62 bits per heavy atom. The topological polar surface area (TPSA) is 107 Å². The molecule has 2 N–H and O–H groups in total. The Labute approximate surface area is 189 Å². The number of nitrogens with one attached hydrogen (secondary N) is 2. The molecule has 2 aromatic carbocycles. The fourth-order valence-electron chi connectivity index (χ4n) is 3.25. The van der Waals surface area contributed by atoms with Gasteiger partial charge in [-0.05, 0) is 37.6 Å². The molecule has 0 aliphatic carbocycles. The highest BCUT2D eigenvalue weighted by Crippen LogP contribution is 2.30. The van der Waals surface area contributed by atoms with Crippen molar-refractivity contribution < 1.29 is 19.1 Å². The Balaban J connectivity index is 1.33. The normalized spacial score (nSPS) is 12.3. The van der Waals surface area contributed by atoms with E-state index in [-0.39, 0.29) is 11.7 Å². The second-order valence-electron chi connectivity index (χ2n) is 7.01. The zero-order valence-corrected chi connectivity index (χ0v) is 18.6. The van der Waals surface area contributed by atoms with Crippen LogP contribution in [-0.4, -0.2) is 45.5 Å². The lowest BCUT2D eigenvalue weighted by Gasteiger charge is -2.18. The van der Waals surface area contributed by atoms with Gasteiger partial charge in [0.05, 0.1) is 5.75 Å². The molecule has 1 aromatic heterocycles. The molecule has 0 unspecified atom stereocenters. The maximum atomic E-state index is 12.3. The molecule has 0 radical (unpaired) electrons. The third-order valence-electron chi connectivity index (χ3n) is 4.87. The molecule has 4 rings (SSSR count). The second kappa shape index (κ2) is 9.73. The number of hydrogen-bond donors (Lipinski definition) is 2. The minimum Gasteiger partial charge on any atom is -0.486 e. The van der Waals surface area contributed by atoms with Gasteiger partial charge in [0, 0.05) is 17.7 Å². The van der Waals surface area contributed by atoms with Gasteiger partial charge in [0.1, 0.15) is 13.2 Å². The first kappa shape index (κ1) is 21.7. The summed E-state index contributed by atoms with van der Waals surface area (Å²) in [6, 6.07) is 12.8. The average Bonchev–Trinajstić information content (AvgIpc) is 3.23. The molecule has 0 fully saturated rings. The van der Waals surface area contributed by atoms with Gasteiger partial charge in [-0.25, -0.2) is 0 Å². The van der Waals surface area contributed by atoms with E-state index >= 15 is 0 Å². The molecule has 9 nitrogen and oxygen atoms in total. The molecule has 0 spiro atoms. The van der Waals surface area contributed by atoms with Crippen molar-refractivity contribution >= 4 is 23.6 Å². The van der Waals surface area contributed by atoms with Crippen molar-refractivity contribution in [2.45, 2.75) is 25.5 Å². The van der Waals surface area contributed by atoms with Gasteiger partial charge in [-0.1, -0.05) is 36.0 Å². The Morgan fingerprint density at radius 2 is 1.84 bits per heavy atom. The Morgan fingerprint density at radius 1 is 1.06 bits per heavy atom. The van der Waals surface area contributed by atoms with Gasteiger partial charge < -0.3 is 14.0 Å². The van der Waals surface area contributed by atoms with E-state index in [9.17, 15) is 9.59 Å². The summed E-state index contributed by atoms with van der Waals surface area (Å²) >= 11 is 1.26. The zero-order chi connectivity index (χ0) is 22.5. The number of nitrogens with zero attached hydrogens (tertiary/aromatic N) is 3. The molecule has 0 saturated heterocycles. The molecule has 10 heteroatoms. The number of hydrazine groups is 1. The quantitative estimate of drug-likeness (QED) is 0.436. The third kappa shape index (κ3) is 4.70. The summed E-state index contributed by atoms with van der Waals surface area (Å²) < 4.78 is 12.9. The van der Waals surface area contributed by atoms with E-state index in [1.165, 1.54) is 11.8 Å². The number of aromatic nitrogens is 3. The largest absolute Gasteiger partial charge is 0.486 e. The van der Waals surface area contributed by atoms with E-state index in [0.29, 0.717) is 42.0 Å². The molecule has 1 aliphatic rings. The number of thioether (sulfide) groups is 1. The first-order valence-corrected chi connectivity index (χ1v) is 11.2. The summed E-state index contributed by atoms with van der Waals surface area (Å²) in [7, 11) is 0. The third-order valence-corrected chi connectivity index (χ3v) is 5.84. The number of carbonyl (C=O) groups is 2. The van der Waals surface area contributed by atoms with Crippen LogP contribution in [0, 0.1) is 6.92 Å². The van der Waals surface area contributed by atoms with E-state index in [0.717, 1.165) is 17.0 Å². The van der Waals surface area contributed by atoms with Crippen LogP contribution in [0.4, 0.5) is 0 Å². The molecule has 0 bridgehead atoms. The number of fused-ring (bicyclic) bond motifs is 1. The number of hydrogen-bond acceptors (Lipinski definition) is 7. The molecule has 2 amide bonds. The summed E-state index contributed by atoms with van der Waals surface area (Å²) in [5, 5.41) is 9.19. The van der Waals surface area contributed by atoms with Crippen LogP contribution in [0.5, 0.6) is 11.5 Å². The fourth-order valence-corrected chi connectivity index (χ4v) is 4.06. The molecule has 2 heterocycles. The summed E-state index contributed by atoms with van der Waals surface area (Å²) in [6.45, 7) is 5.60. The Hall–Kier alpha value is -3.53. The SMILES string of the molecule is CCn1c(SCC(=O)NNC(=O)c2ccc3c(c2)OCCO3)nnc1-c1ccccc1C.